The summed E-state index contributed by atoms with van der Waals surface area (Å²) in [5, 5.41) is 0. The van der Waals surface area contributed by atoms with Gasteiger partial charge in [-0.1, -0.05) is 35.4 Å². The third-order valence-electron chi connectivity index (χ3n) is 5.41. The minimum Gasteiger partial charge on any atom is -0.496 e. The van der Waals surface area contributed by atoms with Gasteiger partial charge in [0.15, 0.2) is 0 Å². The fraction of sp³-hybridized carbons (Fsp3) is 0.308. The van der Waals surface area contributed by atoms with Crippen molar-refractivity contribution in [3.8, 4) is 33.8 Å². The van der Waals surface area contributed by atoms with Crippen LogP contribution < -0.4 is 9.47 Å². The number of rotatable bonds is 4. The van der Waals surface area contributed by atoms with Gasteiger partial charge in [0.25, 0.3) is 0 Å². The smallest absolute Gasteiger partial charge is 0.130 e. The largest absolute Gasteiger partial charge is 0.496 e. The van der Waals surface area contributed by atoms with Crippen LogP contribution >= 0.6 is 0 Å². The molecule has 0 saturated heterocycles. The summed E-state index contributed by atoms with van der Waals surface area (Å²) in [6, 6.07) is 13.2. The van der Waals surface area contributed by atoms with Gasteiger partial charge in [0.1, 0.15) is 11.5 Å². The number of benzene rings is 3. The molecule has 2 nitrogen and oxygen atoms in total. The highest BCUT2D eigenvalue weighted by Crippen LogP contribution is 2.44. The maximum atomic E-state index is 5.77. The van der Waals surface area contributed by atoms with E-state index in [1.807, 2.05) is 6.07 Å². The third kappa shape index (κ3) is 3.52. The molecule has 0 saturated carbocycles. The van der Waals surface area contributed by atoms with Crippen LogP contribution in [0.25, 0.3) is 22.3 Å². The van der Waals surface area contributed by atoms with Crippen molar-refractivity contribution in [2.75, 3.05) is 14.2 Å². The number of ether oxygens (including phenoxy) is 2. The van der Waals surface area contributed by atoms with E-state index in [0.29, 0.717) is 0 Å². The van der Waals surface area contributed by atoms with Gasteiger partial charge in [-0.15, -0.1) is 0 Å². The van der Waals surface area contributed by atoms with Crippen LogP contribution in [0.15, 0.2) is 36.4 Å². The van der Waals surface area contributed by atoms with Crippen LogP contribution in [0.1, 0.15) is 33.4 Å². The van der Waals surface area contributed by atoms with Gasteiger partial charge in [0.2, 0.25) is 0 Å². The molecule has 0 heterocycles. The molecule has 3 rings (SSSR count). The number of aryl methyl sites for hydroxylation is 6. The molecule has 0 N–H and O–H groups in total. The lowest BCUT2D eigenvalue weighted by atomic mass is 9.88. The Balaban J connectivity index is 2.38. The van der Waals surface area contributed by atoms with E-state index in [-0.39, 0.29) is 0 Å². The van der Waals surface area contributed by atoms with Crippen LogP contribution in [0.4, 0.5) is 0 Å². The number of hydrogen-bond donors (Lipinski definition) is 0. The summed E-state index contributed by atoms with van der Waals surface area (Å²) in [6.45, 7) is 12.9. The highest BCUT2D eigenvalue weighted by molar-refractivity contribution is 5.86. The second-order valence-electron chi connectivity index (χ2n) is 7.80. The maximum Gasteiger partial charge on any atom is 0.130 e. The van der Waals surface area contributed by atoms with Crippen molar-refractivity contribution in [3.63, 3.8) is 0 Å². The van der Waals surface area contributed by atoms with E-state index in [9.17, 15) is 0 Å². The Hall–Kier alpha value is -2.74. The molecule has 0 aliphatic carbocycles. The Bertz CT molecular complexity index is 918. The average molecular weight is 375 g/mol. The predicted molar refractivity (Wildman–Crippen MR) is 119 cm³/mol. The lowest BCUT2D eigenvalue weighted by molar-refractivity contribution is 0.396. The second-order valence-corrected chi connectivity index (χ2v) is 7.80. The van der Waals surface area contributed by atoms with Crippen molar-refractivity contribution in [1.29, 1.82) is 0 Å². The zero-order chi connectivity index (χ0) is 20.6. The molecule has 0 radical (unpaired) electrons. The van der Waals surface area contributed by atoms with Crippen LogP contribution in [0, 0.1) is 41.5 Å². The van der Waals surface area contributed by atoms with E-state index in [2.05, 4.69) is 71.9 Å². The zero-order valence-electron chi connectivity index (χ0n) is 18.3. The van der Waals surface area contributed by atoms with E-state index in [1.54, 1.807) is 14.2 Å². The summed E-state index contributed by atoms with van der Waals surface area (Å²) < 4.78 is 11.5. The van der Waals surface area contributed by atoms with Crippen molar-refractivity contribution >= 4 is 0 Å². The van der Waals surface area contributed by atoms with Crippen LogP contribution in [-0.2, 0) is 0 Å². The Morgan fingerprint density at radius 1 is 0.464 bits per heavy atom. The molecule has 0 unspecified atom stereocenters. The lowest BCUT2D eigenvalue weighted by Crippen LogP contribution is -1.99. The summed E-state index contributed by atoms with van der Waals surface area (Å²) >= 11 is 0. The van der Waals surface area contributed by atoms with Crippen molar-refractivity contribution in [2.45, 2.75) is 41.5 Å². The molecule has 3 aromatic carbocycles. The van der Waals surface area contributed by atoms with Gasteiger partial charge in [-0.2, -0.15) is 0 Å². The maximum absolute atomic E-state index is 5.77. The van der Waals surface area contributed by atoms with Gasteiger partial charge < -0.3 is 9.47 Å². The molecule has 0 aliphatic heterocycles. The Labute approximate surface area is 169 Å². The van der Waals surface area contributed by atoms with Crippen molar-refractivity contribution in [1.82, 2.24) is 0 Å². The third-order valence-corrected chi connectivity index (χ3v) is 5.41. The molecule has 0 spiro atoms. The Kier molecular flexibility index (Phi) is 5.51. The van der Waals surface area contributed by atoms with Crippen molar-refractivity contribution in [3.05, 3.63) is 69.8 Å². The molecule has 28 heavy (non-hydrogen) atoms. The fourth-order valence-corrected chi connectivity index (χ4v) is 4.50. The minimum atomic E-state index is 0.832. The van der Waals surface area contributed by atoms with E-state index in [4.69, 9.17) is 9.47 Å². The van der Waals surface area contributed by atoms with Crippen LogP contribution in [0.3, 0.4) is 0 Å². The van der Waals surface area contributed by atoms with E-state index in [0.717, 1.165) is 22.6 Å². The SMILES string of the molecule is COc1cc(OC)c(-c2c(C)cc(C)cc2C)cc1-c1c(C)cc(C)cc1C. The highest BCUT2D eigenvalue weighted by atomic mass is 16.5. The van der Waals surface area contributed by atoms with Gasteiger partial charge in [-0.25, -0.2) is 0 Å². The highest BCUT2D eigenvalue weighted by Gasteiger charge is 2.19. The second kappa shape index (κ2) is 7.71. The van der Waals surface area contributed by atoms with Crippen molar-refractivity contribution in [2.24, 2.45) is 0 Å². The topological polar surface area (TPSA) is 18.5 Å². The predicted octanol–water partition coefficient (Wildman–Crippen LogP) is 6.89. The first kappa shape index (κ1) is 20.0. The van der Waals surface area contributed by atoms with E-state index < -0.39 is 0 Å². The molecule has 0 aromatic heterocycles. The summed E-state index contributed by atoms with van der Waals surface area (Å²) in [5.41, 5.74) is 12.2. The molecule has 0 atom stereocenters. The lowest BCUT2D eigenvalue weighted by Gasteiger charge is -2.20. The Morgan fingerprint density at radius 2 is 0.786 bits per heavy atom. The normalized spacial score (nSPS) is 10.9. The van der Waals surface area contributed by atoms with Gasteiger partial charge in [0, 0.05) is 17.2 Å². The average Bonchev–Trinajstić information content (AvgIpc) is 2.60. The molecule has 0 fully saturated rings. The first-order valence-corrected chi connectivity index (χ1v) is 9.69. The van der Waals surface area contributed by atoms with Crippen LogP contribution in [0.5, 0.6) is 11.5 Å². The molecular weight excluding hydrogens is 344 g/mol. The first-order chi connectivity index (χ1) is 13.3. The molecule has 0 amide bonds. The Morgan fingerprint density at radius 3 is 1.07 bits per heavy atom. The minimum absolute atomic E-state index is 0.832. The quantitative estimate of drug-likeness (QED) is 0.495. The summed E-state index contributed by atoms with van der Waals surface area (Å²) in [6.07, 6.45) is 0. The van der Waals surface area contributed by atoms with Crippen molar-refractivity contribution < 1.29 is 9.47 Å². The molecule has 0 aliphatic rings. The van der Waals surface area contributed by atoms with Gasteiger partial charge in [-0.05, 0) is 81.0 Å². The summed E-state index contributed by atoms with van der Waals surface area (Å²) in [7, 11) is 3.44. The first-order valence-electron chi connectivity index (χ1n) is 9.69. The van der Waals surface area contributed by atoms with Crippen LogP contribution in [-0.4, -0.2) is 14.2 Å². The van der Waals surface area contributed by atoms with Gasteiger partial charge >= 0.3 is 0 Å². The molecule has 146 valence electrons. The molecule has 2 heteroatoms. The summed E-state index contributed by atoms with van der Waals surface area (Å²) in [4.78, 5) is 0. The molecular formula is C26H30O2. The van der Waals surface area contributed by atoms with Crippen LogP contribution in [0.2, 0.25) is 0 Å². The van der Waals surface area contributed by atoms with E-state index >= 15 is 0 Å². The fourth-order valence-electron chi connectivity index (χ4n) is 4.50. The van der Waals surface area contributed by atoms with Gasteiger partial charge in [0.05, 0.1) is 14.2 Å². The summed E-state index contributed by atoms with van der Waals surface area (Å²) in [5.74, 6) is 1.66. The zero-order valence-corrected chi connectivity index (χ0v) is 18.3. The molecule has 0 bridgehead atoms. The molecule has 3 aromatic rings. The monoisotopic (exact) mass is 374 g/mol. The standard InChI is InChI=1S/C26H30O2/c1-15-9-17(3)25(18(4)10-15)21-13-22(24(28-8)14-23(21)27-7)26-19(5)11-16(2)12-20(26)6/h9-14H,1-8H3. The number of methoxy groups -OCH3 is 2. The van der Waals surface area contributed by atoms with Gasteiger partial charge in [-0.3, -0.25) is 0 Å². The number of hydrogen-bond acceptors (Lipinski definition) is 2. The van der Waals surface area contributed by atoms with E-state index in [1.165, 1.54) is 44.5 Å².